The Morgan fingerprint density at radius 1 is 1.05 bits per heavy atom. The largest absolute Gasteiger partial charge is 0.345 e. The highest BCUT2D eigenvalue weighted by atomic mass is 19.3. The van der Waals surface area contributed by atoms with Gasteiger partial charge >= 0.3 is 5.92 Å². The van der Waals surface area contributed by atoms with Crippen molar-refractivity contribution in [1.82, 2.24) is 5.32 Å². The van der Waals surface area contributed by atoms with Gasteiger partial charge in [0.05, 0.1) is 5.57 Å². The number of carbonyl (C=O) groups is 3. The Morgan fingerprint density at radius 3 is 2.36 bits per heavy atom. The van der Waals surface area contributed by atoms with Crippen LogP contribution >= 0.6 is 0 Å². The molecule has 0 bridgehead atoms. The first-order chi connectivity index (χ1) is 18.0. The molecule has 5 nitrogen and oxygen atoms in total. The minimum atomic E-state index is -3.49. The minimum Gasteiger partial charge on any atom is -0.345 e. The van der Waals surface area contributed by atoms with Crippen molar-refractivity contribution in [3.05, 3.63) is 23.3 Å². The van der Waals surface area contributed by atoms with Crippen LogP contribution in [0, 0.1) is 57.2 Å². The first-order valence-electron chi connectivity index (χ1n) is 14.6. The molecule has 0 aromatic heterocycles. The van der Waals surface area contributed by atoms with E-state index in [9.17, 15) is 28.4 Å². The highest BCUT2D eigenvalue weighted by Gasteiger charge is 2.64. The Labute approximate surface area is 230 Å². The van der Waals surface area contributed by atoms with Crippen LogP contribution in [0.3, 0.4) is 0 Å². The Bertz CT molecular complexity index is 1220. The molecule has 5 aliphatic rings. The lowest BCUT2D eigenvalue weighted by molar-refractivity contribution is -0.151. The summed E-state index contributed by atoms with van der Waals surface area (Å²) in [5.74, 6) is -5.69. The highest BCUT2D eigenvalue weighted by molar-refractivity contribution is 6.02. The molecule has 0 radical (unpaired) electrons. The topological polar surface area (TPSA) is 87.0 Å². The zero-order valence-electron chi connectivity index (χ0n) is 24.1. The second-order valence-electron chi connectivity index (χ2n) is 14.6. The number of nitriles is 1. The van der Waals surface area contributed by atoms with Gasteiger partial charge in [0.1, 0.15) is 6.07 Å². The number of fused-ring (bicyclic) bond motifs is 7. The van der Waals surface area contributed by atoms with Gasteiger partial charge in [-0.2, -0.15) is 14.0 Å². The van der Waals surface area contributed by atoms with Gasteiger partial charge in [0, 0.05) is 29.7 Å². The van der Waals surface area contributed by atoms with Gasteiger partial charge < -0.3 is 5.32 Å². The van der Waals surface area contributed by atoms with E-state index >= 15 is 0 Å². The van der Waals surface area contributed by atoms with E-state index in [1.54, 1.807) is 6.08 Å². The van der Waals surface area contributed by atoms with Crippen molar-refractivity contribution in [2.24, 2.45) is 45.8 Å². The molecule has 7 heteroatoms. The number of ketones is 2. The third-order valence-corrected chi connectivity index (χ3v) is 11.7. The molecular formula is C32H42F2N2O3. The van der Waals surface area contributed by atoms with Crippen molar-refractivity contribution in [3.63, 3.8) is 0 Å². The third-order valence-electron chi connectivity index (χ3n) is 11.7. The summed E-state index contributed by atoms with van der Waals surface area (Å²) in [6.45, 7) is 11.2. The Balaban J connectivity index is 1.62. The lowest BCUT2D eigenvalue weighted by atomic mass is 9.41. The van der Waals surface area contributed by atoms with Gasteiger partial charge in [0.15, 0.2) is 11.6 Å². The molecule has 1 N–H and O–H groups in total. The molecule has 0 aromatic rings. The molecule has 5 rings (SSSR count). The first-order valence-corrected chi connectivity index (χ1v) is 14.6. The number of halogens is 2. The summed E-state index contributed by atoms with van der Waals surface area (Å²) in [6.07, 6.45) is 9.54. The second kappa shape index (κ2) is 8.82. The normalized spacial score (nSPS) is 43.3. The summed E-state index contributed by atoms with van der Waals surface area (Å²) in [4.78, 5) is 39.8. The molecule has 3 saturated carbocycles. The molecule has 5 aliphatic carbocycles. The summed E-state index contributed by atoms with van der Waals surface area (Å²) in [7, 11) is 0. The van der Waals surface area contributed by atoms with Gasteiger partial charge in [-0.15, -0.1) is 0 Å². The van der Waals surface area contributed by atoms with Crippen LogP contribution in [0.4, 0.5) is 8.78 Å². The van der Waals surface area contributed by atoms with Gasteiger partial charge in [-0.05, 0) is 79.6 Å². The van der Waals surface area contributed by atoms with E-state index < -0.39 is 22.8 Å². The number of amides is 1. The van der Waals surface area contributed by atoms with Crippen LogP contribution < -0.4 is 5.32 Å². The van der Waals surface area contributed by atoms with E-state index in [1.165, 1.54) is 0 Å². The van der Waals surface area contributed by atoms with Crippen LogP contribution in [0.1, 0.15) is 92.9 Å². The zero-order chi connectivity index (χ0) is 28.8. The molecule has 6 unspecified atom stereocenters. The van der Waals surface area contributed by atoms with Gasteiger partial charge in [0.2, 0.25) is 0 Å². The van der Waals surface area contributed by atoms with Crippen molar-refractivity contribution < 1.29 is 23.2 Å². The maximum atomic E-state index is 14.3. The fourth-order valence-corrected chi connectivity index (χ4v) is 9.77. The molecule has 0 saturated heterocycles. The van der Waals surface area contributed by atoms with Crippen molar-refractivity contribution in [1.29, 1.82) is 5.26 Å². The molecule has 1 amide bonds. The van der Waals surface area contributed by atoms with Gasteiger partial charge in [-0.25, -0.2) is 0 Å². The average molecular weight is 541 g/mol. The minimum absolute atomic E-state index is 0.00935. The van der Waals surface area contributed by atoms with E-state index in [0.29, 0.717) is 32.6 Å². The molecule has 212 valence electrons. The Hall–Kier alpha value is -2.36. The molecule has 39 heavy (non-hydrogen) atoms. The number of nitrogens with one attached hydrogen (secondary N) is 1. The average Bonchev–Trinajstić information content (AvgIpc) is 2.96. The number of carbonyl (C=O) groups excluding carboxylic acids is 3. The summed E-state index contributed by atoms with van der Waals surface area (Å²) < 4.78 is 28.3. The van der Waals surface area contributed by atoms with Gasteiger partial charge in [-0.1, -0.05) is 52.7 Å². The van der Waals surface area contributed by atoms with Crippen molar-refractivity contribution in [3.8, 4) is 6.07 Å². The quantitative estimate of drug-likeness (QED) is 0.443. The smallest absolute Gasteiger partial charge is 0.321 e. The Kier molecular flexibility index (Phi) is 6.37. The van der Waals surface area contributed by atoms with Crippen LogP contribution in [0.15, 0.2) is 23.3 Å². The summed E-state index contributed by atoms with van der Waals surface area (Å²) in [5.41, 5.74) is -0.591. The summed E-state index contributed by atoms with van der Waals surface area (Å²) >= 11 is 0. The number of hydrogen-bond acceptors (Lipinski definition) is 4. The number of Topliss-reactive ketones (excluding diaryl/α,β-unsaturated/α-hetero) is 1. The van der Waals surface area contributed by atoms with Crippen LogP contribution in [0.2, 0.25) is 0 Å². The lowest BCUT2D eigenvalue weighted by Crippen LogP contribution is -2.65. The number of hydrogen-bond donors (Lipinski definition) is 1. The fraction of sp³-hybridized carbons (Fsp3) is 0.750. The molecule has 0 aromatic carbocycles. The van der Waals surface area contributed by atoms with Crippen LogP contribution in [0.5, 0.6) is 0 Å². The van der Waals surface area contributed by atoms with Crippen molar-refractivity contribution in [2.75, 3.05) is 0 Å². The van der Waals surface area contributed by atoms with Crippen LogP contribution in [0.25, 0.3) is 0 Å². The standard InChI is InChI=1S/C32H42F2N2O3/c1-18-20-8-12-29(4)21-9-13-32(36-27(39)31(6,33)34)11-7-10-28(2,3)16-22(32)25(21)23(37)14-24(29)30(20,5)15-19(17-35)26(18)38/h14-15,18,20-22,25H,7-13,16H2,1-6H3,(H,36,39)/t18?,20?,21?,22?,25?,29?,30-,32-/m0/s1. The molecule has 0 spiro atoms. The number of alkyl halides is 2. The maximum absolute atomic E-state index is 14.3. The van der Waals surface area contributed by atoms with E-state index in [0.717, 1.165) is 31.3 Å². The number of allylic oxidation sites excluding steroid dienone is 4. The van der Waals surface area contributed by atoms with Crippen LogP contribution in [-0.2, 0) is 14.4 Å². The third kappa shape index (κ3) is 4.15. The number of rotatable bonds is 2. The van der Waals surface area contributed by atoms with E-state index in [-0.39, 0.29) is 57.6 Å². The van der Waals surface area contributed by atoms with Crippen molar-refractivity contribution in [2.45, 2.75) is 104 Å². The predicted octanol–water partition coefficient (Wildman–Crippen LogP) is 6.34. The highest BCUT2D eigenvalue weighted by Crippen LogP contribution is 2.67. The maximum Gasteiger partial charge on any atom is 0.321 e. The molecule has 3 fully saturated rings. The molecule has 0 heterocycles. The van der Waals surface area contributed by atoms with E-state index in [2.05, 4.69) is 39.1 Å². The molecule has 0 aliphatic heterocycles. The fourth-order valence-electron chi connectivity index (χ4n) is 9.77. The Morgan fingerprint density at radius 2 is 1.72 bits per heavy atom. The SMILES string of the molecule is CC1C(=O)C(C#N)=C[C@]2(C)C3=CC(=O)C4C(CC[C@@]5(NC(=O)C(C)(F)F)CCCC(C)(C)CC45)C3(C)CCC12. The zero-order valence-corrected chi connectivity index (χ0v) is 24.1. The monoisotopic (exact) mass is 540 g/mol. The van der Waals surface area contributed by atoms with Crippen LogP contribution in [-0.4, -0.2) is 28.9 Å². The lowest BCUT2D eigenvalue weighted by Gasteiger charge is -2.63. The van der Waals surface area contributed by atoms with Gasteiger partial charge in [-0.3, -0.25) is 14.4 Å². The molecular weight excluding hydrogens is 498 g/mol. The summed E-state index contributed by atoms with van der Waals surface area (Å²) in [5, 5.41) is 12.6. The van der Waals surface area contributed by atoms with E-state index in [1.807, 2.05) is 13.0 Å². The molecule has 8 atom stereocenters. The summed E-state index contributed by atoms with van der Waals surface area (Å²) in [6, 6.07) is 2.10. The second-order valence-corrected chi connectivity index (χ2v) is 14.6. The van der Waals surface area contributed by atoms with E-state index in [4.69, 9.17) is 0 Å². The van der Waals surface area contributed by atoms with Gasteiger partial charge in [0.25, 0.3) is 5.91 Å². The predicted molar refractivity (Wildman–Crippen MR) is 143 cm³/mol. The first kappa shape index (κ1) is 28.2. The van der Waals surface area contributed by atoms with Crippen molar-refractivity contribution >= 4 is 17.5 Å². The number of nitrogens with zero attached hydrogens (tertiary/aromatic N) is 1.